The third-order valence-corrected chi connectivity index (χ3v) is 8.69. The van der Waals surface area contributed by atoms with E-state index in [4.69, 9.17) is 31.5 Å². The molecule has 44 heavy (non-hydrogen) atoms. The first-order valence-corrected chi connectivity index (χ1v) is 16.3. The molecule has 1 aliphatic heterocycles. The van der Waals surface area contributed by atoms with Gasteiger partial charge in [0, 0.05) is 55.6 Å². The van der Waals surface area contributed by atoms with Gasteiger partial charge in [0.2, 0.25) is 11.8 Å². The Balaban J connectivity index is 1.14. The standard InChI is InChI=1S/C30H47ClN6O7/c31-9-3-1-2-4-11-42-13-14-43-12-10-33-29(40)20-5-7-21(8-6-20)30(41)34-16-22-17-37(25-15-23(39)24(18-38)44-25)28-26(22)27(32)35-19-36-28/h17,19-21,23-25,38-39H,1-16,18H2,(H,33,40)(H,34,41)(H2,32,35,36)/t20?,21?,23?,24-,25-/m1/s1. The number of amides is 2. The zero-order chi connectivity index (χ0) is 31.3. The average molecular weight is 639 g/mol. The minimum absolute atomic E-state index is 0.00614. The number of alkyl halides is 1. The molecule has 0 bridgehead atoms. The van der Waals surface area contributed by atoms with Crippen molar-refractivity contribution in [2.75, 3.05) is 51.2 Å². The first-order valence-electron chi connectivity index (χ1n) is 15.7. The Morgan fingerprint density at radius 2 is 1.68 bits per heavy atom. The fourth-order valence-corrected chi connectivity index (χ4v) is 6.09. The van der Waals surface area contributed by atoms with Gasteiger partial charge >= 0.3 is 0 Å². The summed E-state index contributed by atoms with van der Waals surface area (Å²) >= 11 is 5.67. The number of carbonyl (C=O) groups is 2. The van der Waals surface area contributed by atoms with Gasteiger partial charge in [0.15, 0.2) is 0 Å². The lowest BCUT2D eigenvalue weighted by Gasteiger charge is -2.27. The highest BCUT2D eigenvalue weighted by atomic mass is 35.5. The molecule has 6 N–H and O–H groups in total. The van der Waals surface area contributed by atoms with E-state index in [1.54, 1.807) is 10.8 Å². The smallest absolute Gasteiger partial charge is 0.223 e. The van der Waals surface area contributed by atoms with Crippen LogP contribution in [0.25, 0.3) is 11.0 Å². The number of ether oxygens (including phenoxy) is 3. The number of hydrogen-bond acceptors (Lipinski definition) is 10. The average Bonchev–Trinajstić information content (AvgIpc) is 3.60. The molecule has 3 atom stereocenters. The third kappa shape index (κ3) is 9.48. The van der Waals surface area contributed by atoms with Gasteiger partial charge in [-0.05, 0) is 38.5 Å². The van der Waals surface area contributed by atoms with Gasteiger partial charge in [-0.2, -0.15) is 0 Å². The highest BCUT2D eigenvalue weighted by Crippen LogP contribution is 2.34. The van der Waals surface area contributed by atoms with Crippen LogP contribution in [0.2, 0.25) is 0 Å². The minimum Gasteiger partial charge on any atom is -0.394 e. The zero-order valence-electron chi connectivity index (χ0n) is 25.3. The van der Waals surface area contributed by atoms with E-state index in [0.29, 0.717) is 75.4 Å². The number of rotatable bonds is 18. The molecule has 1 aliphatic carbocycles. The number of unbranched alkanes of at least 4 members (excludes halogenated alkanes) is 3. The maximum atomic E-state index is 13.1. The van der Waals surface area contributed by atoms with Crippen LogP contribution in [-0.4, -0.2) is 94.2 Å². The largest absolute Gasteiger partial charge is 0.394 e. The van der Waals surface area contributed by atoms with Gasteiger partial charge in [-0.25, -0.2) is 9.97 Å². The number of halogens is 1. The van der Waals surface area contributed by atoms with Crippen molar-refractivity contribution >= 4 is 40.3 Å². The number of nitrogen functional groups attached to an aromatic ring is 1. The van der Waals surface area contributed by atoms with Crippen LogP contribution in [0, 0.1) is 11.8 Å². The summed E-state index contributed by atoms with van der Waals surface area (Å²) in [6, 6.07) is 0. The van der Waals surface area contributed by atoms with Crippen molar-refractivity contribution in [1.82, 2.24) is 25.2 Å². The Labute approximate surface area is 263 Å². The molecule has 13 nitrogen and oxygen atoms in total. The van der Waals surface area contributed by atoms with E-state index >= 15 is 0 Å². The summed E-state index contributed by atoms with van der Waals surface area (Å²) in [5.74, 6) is 0.644. The van der Waals surface area contributed by atoms with Crippen molar-refractivity contribution < 1.29 is 34.0 Å². The van der Waals surface area contributed by atoms with Crippen LogP contribution in [0.15, 0.2) is 12.5 Å². The van der Waals surface area contributed by atoms with E-state index in [9.17, 15) is 19.8 Å². The van der Waals surface area contributed by atoms with Gasteiger partial charge in [0.25, 0.3) is 0 Å². The minimum atomic E-state index is -0.799. The predicted molar refractivity (Wildman–Crippen MR) is 165 cm³/mol. The highest BCUT2D eigenvalue weighted by Gasteiger charge is 2.36. The molecule has 3 heterocycles. The molecule has 0 spiro atoms. The van der Waals surface area contributed by atoms with Crippen molar-refractivity contribution in [3.05, 3.63) is 18.1 Å². The number of nitrogens with zero attached hydrogens (tertiary/aromatic N) is 3. The predicted octanol–water partition coefficient (Wildman–Crippen LogP) is 2.03. The second-order valence-electron chi connectivity index (χ2n) is 11.5. The van der Waals surface area contributed by atoms with E-state index in [-0.39, 0.29) is 42.6 Å². The van der Waals surface area contributed by atoms with E-state index in [1.807, 2.05) is 0 Å². The number of fused-ring (bicyclic) bond motifs is 1. The summed E-state index contributed by atoms with van der Waals surface area (Å²) in [5, 5.41) is 26.2. The number of anilines is 1. The van der Waals surface area contributed by atoms with Gasteiger partial charge in [0.1, 0.15) is 30.1 Å². The first-order chi connectivity index (χ1) is 21.4. The molecule has 4 rings (SSSR count). The molecule has 2 amide bonds. The number of nitrogens with two attached hydrogens (primary N) is 1. The fraction of sp³-hybridized carbons (Fsp3) is 0.733. The molecule has 2 fully saturated rings. The summed E-state index contributed by atoms with van der Waals surface area (Å²) in [4.78, 5) is 34.2. The molecule has 0 aromatic carbocycles. The lowest BCUT2D eigenvalue weighted by Crippen LogP contribution is -2.38. The van der Waals surface area contributed by atoms with Crippen molar-refractivity contribution in [2.45, 2.75) is 82.8 Å². The molecule has 0 radical (unpaired) electrons. The second-order valence-corrected chi connectivity index (χ2v) is 11.9. The number of hydrogen-bond donors (Lipinski definition) is 5. The van der Waals surface area contributed by atoms with Gasteiger partial charge in [-0.1, -0.05) is 12.8 Å². The Morgan fingerprint density at radius 1 is 1.00 bits per heavy atom. The molecule has 246 valence electrons. The summed E-state index contributed by atoms with van der Waals surface area (Å²) in [5.41, 5.74) is 7.44. The Morgan fingerprint density at radius 3 is 2.36 bits per heavy atom. The Hall–Kier alpha value is -2.55. The number of carbonyl (C=O) groups excluding carboxylic acids is 2. The van der Waals surface area contributed by atoms with Gasteiger partial charge in [0.05, 0.1) is 37.9 Å². The summed E-state index contributed by atoms with van der Waals surface area (Å²) in [7, 11) is 0. The number of aliphatic hydroxyl groups excluding tert-OH is 2. The summed E-state index contributed by atoms with van der Waals surface area (Å²) < 4.78 is 18.7. The lowest BCUT2D eigenvalue weighted by atomic mass is 9.81. The number of nitrogens with one attached hydrogen (secondary N) is 2. The molecular formula is C30H47ClN6O7. The second kappa shape index (κ2) is 17.8. The van der Waals surface area contributed by atoms with Crippen molar-refractivity contribution in [2.24, 2.45) is 11.8 Å². The monoisotopic (exact) mass is 638 g/mol. The van der Waals surface area contributed by atoms with Crippen molar-refractivity contribution in [3.63, 3.8) is 0 Å². The number of aliphatic hydroxyl groups is 2. The zero-order valence-corrected chi connectivity index (χ0v) is 26.1. The SMILES string of the molecule is Nc1ncnc2c1c(CNC(=O)C1CCC(C(=O)NCCOCCOCCCCCCCl)CC1)cn2[C@H]1CC(O)[C@@H](CO)O1. The van der Waals surface area contributed by atoms with Gasteiger partial charge in [-0.15, -0.1) is 11.6 Å². The van der Waals surface area contributed by atoms with E-state index < -0.39 is 18.4 Å². The molecule has 2 aromatic rings. The van der Waals surface area contributed by atoms with Crippen molar-refractivity contribution in [3.8, 4) is 0 Å². The van der Waals surface area contributed by atoms with E-state index in [0.717, 1.165) is 37.9 Å². The molecule has 14 heteroatoms. The van der Waals surface area contributed by atoms with Gasteiger partial charge in [-0.3, -0.25) is 9.59 Å². The van der Waals surface area contributed by atoms with Crippen LogP contribution in [0.5, 0.6) is 0 Å². The van der Waals surface area contributed by atoms with Crippen LogP contribution in [0.4, 0.5) is 5.82 Å². The van der Waals surface area contributed by atoms with Gasteiger partial charge < -0.3 is 45.4 Å². The normalized spacial score (nSPS) is 23.7. The molecular weight excluding hydrogens is 592 g/mol. The summed E-state index contributed by atoms with van der Waals surface area (Å²) in [6.07, 6.45) is 8.35. The molecule has 1 unspecified atom stereocenters. The van der Waals surface area contributed by atoms with Crippen LogP contribution in [-0.2, 0) is 30.3 Å². The lowest BCUT2D eigenvalue weighted by molar-refractivity contribution is -0.130. The molecule has 2 aromatic heterocycles. The van der Waals surface area contributed by atoms with Crippen LogP contribution < -0.4 is 16.4 Å². The maximum absolute atomic E-state index is 13.1. The van der Waals surface area contributed by atoms with Crippen molar-refractivity contribution in [1.29, 1.82) is 0 Å². The molecule has 1 saturated heterocycles. The molecule has 1 saturated carbocycles. The quantitative estimate of drug-likeness (QED) is 0.120. The number of aromatic nitrogens is 3. The highest BCUT2D eigenvalue weighted by molar-refractivity contribution is 6.17. The third-order valence-electron chi connectivity index (χ3n) is 8.42. The Bertz CT molecular complexity index is 1190. The fourth-order valence-electron chi connectivity index (χ4n) is 5.90. The van der Waals surface area contributed by atoms with E-state index in [1.165, 1.54) is 6.33 Å². The van der Waals surface area contributed by atoms with E-state index in [2.05, 4.69) is 20.6 Å². The maximum Gasteiger partial charge on any atom is 0.223 e. The first kappa shape index (κ1) is 34.3. The molecule has 2 aliphatic rings. The Kier molecular flexibility index (Phi) is 13.9. The summed E-state index contributed by atoms with van der Waals surface area (Å²) in [6.45, 7) is 2.59. The van der Waals surface area contributed by atoms with Crippen LogP contribution in [0.3, 0.4) is 0 Å². The van der Waals surface area contributed by atoms with Crippen LogP contribution >= 0.6 is 11.6 Å². The topological polar surface area (TPSA) is 183 Å². The van der Waals surface area contributed by atoms with Crippen LogP contribution in [0.1, 0.15) is 69.6 Å².